The van der Waals surface area contributed by atoms with Gasteiger partial charge in [-0.05, 0) is 67.4 Å². The molecule has 3 aromatic rings. The highest BCUT2D eigenvalue weighted by molar-refractivity contribution is 6.30. The minimum absolute atomic E-state index is 0.00114. The highest BCUT2D eigenvalue weighted by Crippen LogP contribution is 2.31. The molecule has 0 radical (unpaired) electrons. The molecule has 11 heteroatoms. The number of rotatable bonds is 9. The molecule has 0 aliphatic carbocycles. The van der Waals surface area contributed by atoms with Crippen molar-refractivity contribution in [2.24, 2.45) is 0 Å². The second-order valence-corrected chi connectivity index (χ2v) is 10.5. The highest BCUT2D eigenvalue weighted by Gasteiger charge is 2.29. The van der Waals surface area contributed by atoms with Crippen molar-refractivity contribution in [1.29, 1.82) is 0 Å². The quantitative estimate of drug-likeness (QED) is 0.378. The number of methoxy groups -OCH3 is 2. The van der Waals surface area contributed by atoms with Crippen LogP contribution >= 0.6 is 11.6 Å². The van der Waals surface area contributed by atoms with Crippen molar-refractivity contribution < 1.29 is 23.8 Å². The Morgan fingerprint density at radius 3 is 2.37 bits per heavy atom. The van der Waals surface area contributed by atoms with Crippen molar-refractivity contribution in [3.63, 3.8) is 0 Å². The normalized spacial score (nSPS) is 16.9. The minimum Gasteiger partial charge on any atom is -0.493 e. The second-order valence-electron chi connectivity index (χ2n) is 10.0. The molecule has 2 aromatic carbocycles. The van der Waals surface area contributed by atoms with Gasteiger partial charge in [-0.2, -0.15) is 0 Å². The molecule has 0 N–H and O–H groups in total. The summed E-state index contributed by atoms with van der Waals surface area (Å²) in [6, 6.07) is 16.2. The molecule has 0 saturated carbocycles. The van der Waals surface area contributed by atoms with Gasteiger partial charge in [-0.3, -0.25) is 9.59 Å². The van der Waals surface area contributed by atoms with E-state index in [0.717, 1.165) is 29.9 Å². The van der Waals surface area contributed by atoms with Gasteiger partial charge in [0.05, 0.1) is 26.0 Å². The van der Waals surface area contributed by atoms with Crippen molar-refractivity contribution in [3.8, 4) is 22.8 Å². The number of piperazine rings is 1. The molecule has 0 bridgehead atoms. The van der Waals surface area contributed by atoms with E-state index >= 15 is 0 Å². The van der Waals surface area contributed by atoms with Gasteiger partial charge in [0.15, 0.2) is 17.3 Å². The van der Waals surface area contributed by atoms with Crippen LogP contribution in [0, 0.1) is 0 Å². The average Bonchev–Trinajstić information content (AvgIpc) is 3.54. The third-order valence-corrected chi connectivity index (χ3v) is 7.69. The molecule has 3 heterocycles. The molecule has 2 amide bonds. The van der Waals surface area contributed by atoms with Crippen LogP contribution in [0.15, 0.2) is 54.6 Å². The Labute approximate surface area is 244 Å². The van der Waals surface area contributed by atoms with E-state index in [0.29, 0.717) is 61.4 Å². The molecule has 5 rings (SSSR count). The van der Waals surface area contributed by atoms with E-state index in [2.05, 4.69) is 15.1 Å². The fraction of sp³-hybridized carbons (Fsp3) is 0.400. The van der Waals surface area contributed by atoms with E-state index in [1.54, 1.807) is 48.3 Å². The van der Waals surface area contributed by atoms with Crippen molar-refractivity contribution >= 4 is 29.2 Å². The summed E-state index contributed by atoms with van der Waals surface area (Å²) in [7, 11) is 3.20. The van der Waals surface area contributed by atoms with Gasteiger partial charge in [-0.25, -0.2) is 0 Å². The fourth-order valence-electron chi connectivity index (χ4n) is 5.12. The predicted octanol–water partition coefficient (Wildman–Crippen LogP) is 3.78. The van der Waals surface area contributed by atoms with Crippen molar-refractivity contribution in [3.05, 3.63) is 65.2 Å². The van der Waals surface area contributed by atoms with Crippen LogP contribution in [-0.2, 0) is 9.53 Å². The highest BCUT2D eigenvalue weighted by atomic mass is 35.5. The molecule has 216 valence electrons. The standard InChI is InChI=1S/C30H34ClN5O5/c1-39-26-11-7-22(18-27(26)40-2)25-10-12-28(33-32-25)34-13-15-35(16-14-34)29(37)20-36(19-24-4-3-17-41-24)30(38)21-5-8-23(31)9-6-21/h5-12,18,24H,3-4,13-17,19-20H2,1-2H3/t24-/m0/s1. The van der Waals surface area contributed by atoms with E-state index in [1.807, 2.05) is 30.3 Å². The van der Waals surface area contributed by atoms with Gasteiger partial charge in [0.25, 0.3) is 5.91 Å². The fourth-order valence-corrected chi connectivity index (χ4v) is 5.25. The Kier molecular flexibility index (Phi) is 9.21. The average molecular weight is 580 g/mol. The SMILES string of the molecule is COc1ccc(-c2ccc(N3CCN(C(=O)CN(C[C@@H]4CCCO4)C(=O)c4ccc(Cl)cc4)CC3)nn2)cc1OC. The number of ether oxygens (including phenoxy) is 3. The number of benzene rings is 2. The molecule has 0 unspecified atom stereocenters. The summed E-state index contributed by atoms with van der Waals surface area (Å²) in [5.41, 5.74) is 2.10. The number of carbonyl (C=O) groups excluding carboxylic acids is 2. The Bertz CT molecular complexity index is 1340. The molecular formula is C30H34ClN5O5. The van der Waals surface area contributed by atoms with Crippen LogP contribution in [0.25, 0.3) is 11.3 Å². The number of anilines is 1. The van der Waals surface area contributed by atoms with Gasteiger partial charge in [-0.1, -0.05) is 11.6 Å². The van der Waals surface area contributed by atoms with Gasteiger partial charge < -0.3 is 28.9 Å². The smallest absolute Gasteiger partial charge is 0.254 e. The Morgan fingerprint density at radius 1 is 0.976 bits per heavy atom. The first-order valence-electron chi connectivity index (χ1n) is 13.7. The molecule has 2 saturated heterocycles. The zero-order valence-electron chi connectivity index (χ0n) is 23.3. The third-order valence-electron chi connectivity index (χ3n) is 7.44. The lowest BCUT2D eigenvalue weighted by molar-refractivity contribution is -0.132. The maximum atomic E-state index is 13.3. The van der Waals surface area contributed by atoms with E-state index in [-0.39, 0.29) is 24.5 Å². The van der Waals surface area contributed by atoms with Crippen LogP contribution < -0.4 is 14.4 Å². The summed E-state index contributed by atoms with van der Waals surface area (Å²) in [6.45, 7) is 3.36. The van der Waals surface area contributed by atoms with Crippen molar-refractivity contribution in [2.45, 2.75) is 18.9 Å². The molecule has 1 atom stereocenters. The third kappa shape index (κ3) is 6.89. The predicted molar refractivity (Wildman–Crippen MR) is 156 cm³/mol. The number of hydrogen-bond acceptors (Lipinski definition) is 8. The first-order valence-corrected chi connectivity index (χ1v) is 14.1. The number of nitrogens with zero attached hydrogens (tertiary/aromatic N) is 5. The molecule has 1 aromatic heterocycles. The van der Waals surface area contributed by atoms with Gasteiger partial charge in [0.1, 0.15) is 6.54 Å². The van der Waals surface area contributed by atoms with Gasteiger partial charge in [0, 0.05) is 55.5 Å². The molecule has 10 nitrogen and oxygen atoms in total. The van der Waals surface area contributed by atoms with Crippen LogP contribution in [0.4, 0.5) is 5.82 Å². The molecule has 41 heavy (non-hydrogen) atoms. The Hall–Kier alpha value is -3.89. The summed E-state index contributed by atoms with van der Waals surface area (Å²) >= 11 is 6.01. The first-order chi connectivity index (χ1) is 19.9. The number of amides is 2. The van der Waals surface area contributed by atoms with E-state index < -0.39 is 0 Å². The van der Waals surface area contributed by atoms with Crippen molar-refractivity contribution in [1.82, 2.24) is 20.0 Å². The van der Waals surface area contributed by atoms with Crippen LogP contribution in [0.2, 0.25) is 5.02 Å². The summed E-state index contributed by atoms with van der Waals surface area (Å²) in [5.74, 6) is 1.74. The second kappa shape index (κ2) is 13.2. The summed E-state index contributed by atoms with van der Waals surface area (Å²) < 4.78 is 16.5. The van der Waals surface area contributed by atoms with E-state index in [4.69, 9.17) is 25.8 Å². The molecule has 2 aliphatic rings. The largest absolute Gasteiger partial charge is 0.493 e. The zero-order chi connectivity index (χ0) is 28.8. The van der Waals surface area contributed by atoms with Gasteiger partial charge >= 0.3 is 0 Å². The van der Waals surface area contributed by atoms with Crippen LogP contribution in [0.1, 0.15) is 23.2 Å². The summed E-state index contributed by atoms with van der Waals surface area (Å²) in [4.78, 5) is 32.2. The number of hydrogen-bond donors (Lipinski definition) is 0. The lowest BCUT2D eigenvalue weighted by atomic mass is 10.1. The van der Waals surface area contributed by atoms with Crippen LogP contribution in [0.5, 0.6) is 11.5 Å². The van der Waals surface area contributed by atoms with Crippen LogP contribution in [-0.4, -0.2) is 98.0 Å². The minimum atomic E-state index is -0.200. The Morgan fingerprint density at radius 2 is 1.73 bits per heavy atom. The molecular weight excluding hydrogens is 546 g/mol. The maximum Gasteiger partial charge on any atom is 0.254 e. The first kappa shape index (κ1) is 28.6. The number of aromatic nitrogens is 2. The van der Waals surface area contributed by atoms with Crippen molar-refractivity contribution in [2.75, 3.05) is 65.0 Å². The maximum absolute atomic E-state index is 13.3. The lowest BCUT2D eigenvalue weighted by Gasteiger charge is -2.36. The molecule has 0 spiro atoms. The summed E-state index contributed by atoms with van der Waals surface area (Å²) in [5, 5.41) is 9.41. The zero-order valence-corrected chi connectivity index (χ0v) is 24.0. The number of halogens is 1. The van der Waals surface area contributed by atoms with E-state index in [9.17, 15) is 9.59 Å². The number of carbonyl (C=O) groups is 2. The lowest BCUT2D eigenvalue weighted by Crippen LogP contribution is -2.52. The Balaban J connectivity index is 1.19. The van der Waals surface area contributed by atoms with Crippen LogP contribution in [0.3, 0.4) is 0 Å². The summed E-state index contributed by atoms with van der Waals surface area (Å²) in [6.07, 6.45) is 1.78. The van der Waals surface area contributed by atoms with Gasteiger partial charge in [-0.15, -0.1) is 10.2 Å². The monoisotopic (exact) mass is 579 g/mol. The van der Waals surface area contributed by atoms with E-state index in [1.165, 1.54) is 0 Å². The molecule has 2 aliphatic heterocycles. The van der Waals surface area contributed by atoms with Gasteiger partial charge in [0.2, 0.25) is 5.91 Å². The topological polar surface area (TPSA) is 97.3 Å². The molecule has 2 fully saturated rings.